The first-order chi connectivity index (χ1) is 9.56. The van der Waals surface area contributed by atoms with E-state index in [0.717, 1.165) is 11.3 Å². The van der Waals surface area contributed by atoms with Crippen molar-refractivity contribution in [3.63, 3.8) is 0 Å². The Morgan fingerprint density at radius 3 is 2.70 bits per heavy atom. The summed E-state index contributed by atoms with van der Waals surface area (Å²) in [4.78, 5) is 4.15. The van der Waals surface area contributed by atoms with Gasteiger partial charge in [-0.25, -0.2) is 4.39 Å². The zero-order valence-electron chi connectivity index (χ0n) is 12.0. The molecule has 1 aromatic carbocycles. The molecule has 2 rings (SSSR count). The van der Waals surface area contributed by atoms with E-state index in [9.17, 15) is 4.39 Å². The third kappa shape index (κ3) is 3.78. The highest BCUT2D eigenvalue weighted by molar-refractivity contribution is 5.38. The summed E-state index contributed by atoms with van der Waals surface area (Å²) in [6, 6.07) is 8.89. The Morgan fingerprint density at radius 2 is 2.05 bits per heavy atom. The van der Waals surface area contributed by atoms with Crippen molar-refractivity contribution in [1.29, 1.82) is 0 Å². The lowest BCUT2D eigenvalue weighted by Crippen LogP contribution is -2.22. The first kappa shape index (κ1) is 14.5. The molecule has 1 N–H and O–H groups in total. The second-order valence-corrected chi connectivity index (χ2v) is 5.00. The number of halogens is 1. The fourth-order valence-electron chi connectivity index (χ4n) is 1.75. The maximum atomic E-state index is 14.0. The number of hydrogen-bond donors (Lipinski definition) is 1. The van der Waals surface area contributed by atoms with Gasteiger partial charge in [0, 0.05) is 23.8 Å². The molecule has 0 spiro atoms. The molecule has 0 aliphatic carbocycles. The smallest absolute Gasteiger partial charge is 0.167 e. The third-order valence-electron chi connectivity index (χ3n) is 2.85. The van der Waals surface area contributed by atoms with E-state index in [4.69, 9.17) is 4.74 Å². The molecule has 0 bridgehead atoms. The molecule has 0 saturated heterocycles. The van der Waals surface area contributed by atoms with Gasteiger partial charge in [0.25, 0.3) is 0 Å². The number of nitrogens with zero attached hydrogens (tertiary/aromatic N) is 1. The third-order valence-corrected chi connectivity index (χ3v) is 2.85. The van der Waals surface area contributed by atoms with Crippen LogP contribution >= 0.6 is 0 Å². The predicted molar refractivity (Wildman–Crippen MR) is 77.4 cm³/mol. The molecule has 0 amide bonds. The van der Waals surface area contributed by atoms with E-state index in [1.54, 1.807) is 18.3 Å². The SMILES string of the molecule is Cc1ccc(Oc2c(F)cccc2CNC(C)C)cn1. The van der Waals surface area contributed by atoms with Crippen molar-refractivity contribution in [3.8, 4) is 11.5 Å². The average Bonchev–Trinajstić information content (AvgIpc) is 2.41. The van der Waals surface area contributed by atoms with Crippen LogP contribution in [0.4, 0.5) is 4.39 Å². The van der Waals surface area contributed by atoms with E-state index in [1.165, 1.54) is 6.07 Å². The van der Waals surface area contributed by atoms with Crippen LogP contribution in [0, 0.1) is 12.7 Å². The van der Waals surface area contributed by atoms with Crippen molar-refractivity contribution in [2.75, 3.05) is 0 Å². The van der Waals surface area contributed by atoms with Crippen LogP contribution in [0.2, 0.25) is 0 Å². The van der Waals surface area contributed by atoms with E-state index in [-0.39, 0.29) is 11.6 Å². The molecular formula is C16H19FN2O. The molecule has 0 aliphatic heterocycles. The van der Waals surface area contributed by atoms with Gasteiger partial charge in [0.1, 0.15) is 5.75 Å². The topological polar surface area (TPSA) is 34.1 Å². The summed E-state index contributed by atoms with van der Waals surface area (Å²) in [5.74, 6) is 0.423. The molecule has 0 atom stereocenters. The summed E-state index contributed by atoms with van der Waals surface area (Å²) in [7, 11) is 0. The average molecular weight is 274 g/mol. The summed E-state index contributed by atoms with van der Waals surface area (Å²) < 4.78 is 19.6. The first-order valence-electron chi connectivity index (χ1n) is 6.67. The highest BCUT2D eigenvalue weighted by atomic mass is 19.1. The number of aryl methyl sites for hydroxylation is 1. The maximum Gasteiger partial charge on any atom is 0.167 e. The molecule has 0 unspecified atom stereocenters. The molecule has 1 heterocycles. The fourth-order valence-corrected chi connectivity index (χ4v) is 1.75. The van der Waals surface area contributed by atoms with Gasteiger partial charge >= 0.3 is 0 Å². The number of hydrogen-bond acceptors (Lipinski definition) is 3. The van der Waals surface area contributed by atoms with Crippen LogP contribution in [-0.2, 0) is 6.54 Å². The first-order valence-corrected chi connectivity index (χ1v) is 6.67. The van der Waals surface area contributed by atoms with Crippen LogP contribution < -0.4 is 10.1 Å². The van der Waals surface area contributed by atoms with E-state index in [2.05, 4.69) is 10.3 Å². The molecular weight excluding hydrogens is 255 g/mol. The van der Waals surface area contributed by atoms with Crippen LogP contribution in [0.3, 0.4) is 0 Å². The van der Waals surface area contributed by atoms with Crippen molar-refractivity contribution >= 4 is 0 Å². The van der Waals surface area contributed by atoms with Crippen LogP contribution in [0.25, 0.3) is 0 Å². The van der Waals surface area contributed by atoms with Gasteiger partial charge in [0.05, 0.1) is 6.20 Å². The molecule has 0 fully saturated rings. The highest BCUT2D eigenvalue weighted by Crippen LogP contribution is 2.28. The number of rotatable bonds is 5. The Labute approximate surface area is 118 Å². The molecule has 20 heavy (non-hydrogen) atoms. The highest BCUT2D eigenvalue weighted by Gasteiger charge is 2.11. The standard InChI is InChI=1S/C16H19FN2O/c1-11(2)18-9-13-5-4-6-15(17)16(13)20-14-8-7-12(3)19-10-14/h4-8,10-11,18H,9H2,1-3H3. The minimum atomic E-state index is -0.367. The zero-order valence-corrected chi connectivity index (χ0v) is 12.0. The molecule has 4 heteroatoms. The summed E-state index contributed by atoms with van der Waals surface area (Å²) in [6.07, 6.45) is 1.60. The Bertz CT molecular complexity index is 567. The van der Waals surface area contributed by atoms with Gasteiger partial charge < -0.3 is 10.1 Å². The van der Waals surface area contributed by atoms with E-state index >= 15 is 0 Å². The fraction of sp³-hybridized carbons (Fsp3) is 0.312. The van der Waals surface area contributed by atoms with Crippen molar-refractivity contribution in [3.05, 3.63) is 53.6 Å². The van der Waals surface area contributed by atoms with Gasteiger partial charge in [-0.1, -0.05) is 26.0 Å². The Balaban J connectivity index is 2.23. The van der Waals surface area contributed by atoms with Gasteiger partial charge in [-0.2, -0.15) is 0 Å². The lowest BCUT2D eigenvalue weighted by molar-refractivity contribution is 0.430. The molecule has 2 aromatic rings. The summed E-state index contributed by atoms with van der Waals surface area (Å²) in [5.41, 5.74) is 1.69. The number of ether oxygens (including phenoxy) is 1. The number of aromatic nitrogens is 1. The Hall–Kier alpha value is -1.94. The van der Waals surface area contributed by atoms with Crippen LogP contribution in [-0.4, -0.2) is 11.0 Å². The van der Waals surface area contributed by atoms with E-state index in [1.807, 2.05) is 32.9 Å². The predicted octanol–water partition coefficient (Wildman–Crippen LogP) is 3.82. The normalized spacial score (nSPS) is 10.8. The monoisotopic (exact) mass is 274 g/mol. The quantitative estimate of drug-likeness (QED) is 0.900. The minimum absolute atomic E-state index is 0.256. The van der Waals surface area contributed by atoms with E-state index in [0.29, 0.717) is 18.3 Å². The minimum Gasteiger partial charge on any atom is -0.452 e. The van der Waals surface area contributed by atoms with Crippen molar-refractivity contribution < 1.29 is 9.13 Å². The summed E-state index contributed by atoms with van der Waals surface area (Å²) in [6.45, 7) is 6.54. The van der Waals surface area contributed by atoms with Gasteiger partial charge in [-0.15, -0.1) is 0 Å². The number of nitrogens with one attached hydrogen (secondary N) is 1. The van der Waals surface area contributed by atoms with Crippen LogP contribution in [0.5, 0.6) is 11.5 Å². The van der Waals surface area contributed by atoms with Gasteiger partial charge in [-0.3, -0.25) is 4.98 Å². The number of para-hydroxylation sites is 1. The second-order valence-electron chi connectivity index (χ2n) is 5.00. The maximum absolute atomic E-state index is 14.0. The second kappa shape index (κ2) is 6.48. The summed E-state index contributed by atoms with van der Waals surface area (Å²) in [5, 5.41) is 3.26. The van der Waals surface area contributed by atoms with Gasteiger partial charge in [0.15, 0.2) is 11.6 Å². The molecule has 3 nitrogen and oxygen atoms in total. The Morgan fingerprint density at radius 1 is 1.25 bits per heavy atom. The molecule has 106 valence electrons. The summed E-state index contributed by atoms with van der Waals surface area (Å²) >= 11 is 0. The van der Waals surface area contributed by atoms with Crippen LogP contribution in [0.15, 0.2) is 36.5 Å². The van der Waals surface area contributed by atoms with E-state index < -0.39 is 0 Å². The largest absolute Gasteiger partial charge is 0.452 e. The zero-order chi connectivity index (χ0) is 14.5. The van der Waals surface area contributed by atoms with Crippen molar-refractivity contribution in [1.82, 2.24) is 10.3 Å². The number of benzene rings is 1. The number of pyridine rings is 1. The van der Waals surface area contributed by atoms with Gasteiger partial charge in [0.2, 0.25) is 0 Å². The van der Waals surface area contributed by atoms with Crippen LogP contribution in [0.1, 0.15) is 25.1 Å². The Kier molecular flexibility index (Phi) is 4.69. The molecule has 1 aromatic heterocycles. The molecule has 0 saturated carbocycles. The molecule has 0 aliphatic rings. The lowest BCUT2D eigenvalue weighted by atomic mass is 10.2. The lowest BCUT2D eigenvalue weighted by Gasteiger charge is -2.14. The van der Waals surface area contributed by atoms with Crippen molar-refractivity contribution in [2.45, 2.75) is 33.4 Å². The van der Waals surface area contributed by atoms with Gasteiger partial charge in [-0.05, 0) is 25.1 Å². The van der Waals surface area contributed by atoms with Crippen molar-refractivity contribution in [2.24, 2.45) is 0 Å². The molecule has 0 radical (unpaired) electrons.